The van der Waals surface area contributed by atoms with E-state index in [9.17, 15) is 9.59 Å². The zero-order valence-electron chi connectivity index (χ0n) is 14.1. The molecule has 5 heteroatoms. The van der Waals surface area contributed by atoms with Crippen molar-refractivity contribution in [2.24, 2.45) is 5.92 Å². The molecule has 0 fully saturated rings. The normalized spacial score (nSPS) is 10.5. The Morgan fingerprint density at radius 3 is 1.96 bits per heavy atom. The molecule has 2 N–H and O–H groups in total. The van der Waals surface area contributed by atoms with Crippen molar-refractivity contribution >= 4 is 35.0 Å². The third-order valence-corrected chi connectivity index (χ3v) is 4.12. The van der Waals surface area contributed by atoms with E-state index in [0.29, 0.717) is 23.6 Å². The number of carbonyl (C=O) groups excluding carboxylic acids is 2. The van der Waals surface area contributed by atoms with E-state index in [-0.39, 0.29) is 11.8 Å². The van der Waals surface area contributed by atoms with Crippen molar-refractivity contribution in [1.82, 2.24) is 0 Å². The number of hydrogen-bond donors (Lipinski definition) is 2. The molecule has 2 aromatic carbocycles. The molecule has 0 spiro atoms. The van der Waals surface area contributed by atoms with E-state index in [0.717, 1.165) is 10.6 Å². The van der Waals surface area contributed by atoms with E-state index in [1.54, 1.807) is 36.0 Å². The van der Waals surface area contributed by atoms with Gasteiger partial charge in [0.15, 0.2) is 0 Å². The predicted molar refractivity (Wildman–Crippen MR) is 101 cm³/mol. The Bertz CT molecular complexity index is 694. The van der Waals surface area contributed by atoms with Crippen LogP contribution in [0, 0.1) is 5.92 Å². The molecule has 0 aliphatic heterocycles. The quantitative estimate of drug-likeness (QED) is 0.752. The zero-order chi connectivity index (χ0) is 17.5. The van der Waals surface area contributed by atoms with Crippen LogP contribution in [-0.2, 0) is 4.79 Å². The lowest BCUT2D eigenvalue weighted by molar-refractivity contribution is -0.116. The summed E-state index contributed by atoms with van der Waals surface area (Å²) in [6, 6.07) is 14.6. The summed E-state index contributed by atoms with van der Waals surface area (Å²) in [5.41, 5.74) is 2.03. The monoisotopic (exact) mass is 342 g/mol. The topological polar surface area (TPSA) is 58.2 Å². The number of carbonyl (C=O) groups is 2. The molecule has 0 bridgehead atoms. The Balaban J connectivity index is 1.95. The van der Waals surface area contributed by atoms with Crippen LogP contribution in [0.15, 0.2) is 53.4 Å². The molecule has 0 unspecified atom stereocenters. The summed E-state index contributed by atoms with van der Waals surface area (Å²) in [4.78, 5) is 25.1. The van der Waals surface area contributed by atoms with Gasteiger partial charge < -0.3 is 10.6 Å². The van der Waals surface area contributed by atoms with Gasteiger partial charge in [0.05, 0.1) is 0 Å². The highest BCUT2D eigenvalue weighted by molar-refractivity contribution is 7.98. The van der Waals surface area contributed by atoms with Gasteiger partial charge >= 0.3 is 0 Å². The van der Waals surface area contributed by atoms with Gasteiger partial charge in [-0.05, 0) is 60.7 Å². The zero-order valence-corrected chi connectivity index (χ0v) is 14.9. The fourth-order valence-corrected chi connectivity index (χ4v) is 2.57. The molecular formula is C19H22N2O2S. The van der Waals surface area contributed by atoms with Gasteiger partial charge in [0.2, 0.25) is 5.91 Å². The molecule has 4 nitrogen and oxygen atoms in total. The molecule has 126 valence electrons. The number of benzene rings is 2. The molecular weight excluding hydrogens is 320 g/mol. The second-order valence-electron chi connectivity index (χ2n) is 5.91. The van der Waals surface area contributed by atoms with Gasteiger partial charge in [-0.15, -0.1) is 11.8 Å². The number of nitrogens with one attached hydrogen (secondary N) is 2. The van der Waals surface area contributed by atoms with E-state index >= 15 is 0 Å². The Hall–Kier alpha value is -2.27. The standard InChI is InChI=1S/C19H22N2O2S/c1-13(2)12-18(22)20-15-6-8-16(9-7-15)21-19(23)14-4-10-17(24-3)11-5-14/h4-11,13H,12H2,1-3H3,(H,20,22)(H,21,23). The van der Waals surface area contributed by atoms with E-state index in [4.69, 9.17) is 0 Å². The summed E-state index contributed by atoms with van der Waals surface area (Å²) in [7, 11) is 0. The number of amides is 2. The first-order valence-corrected chi connectivity index (χ1v) is 9.05. The van der Waals surface area contributed by atoms with Gasteiger partial charge in [-0.3, -0.25) is 9.59 Å². The first kappa shape index (κ1) is 18.1. The molecule has 0 saturated carbocycles. The molecule has 0 aliphatic rings. The molecule has 0 aromatic heterocycles. The summed E-state index contributed by atoms with van der Waals surface area (Å²) in [5.74, 6) is 0.163. The highest BCUT2D eigenvalue weighted by atomic mass is 32.2. The van der Waals surface area contributed by atoms with Crippen LogP contribution in [0.2, 0.25) is 0 Å². The molecule has 2 aromatic rings. The summed E-state index contributed by atoms with van der Waals surface area (Å²) in [5, 5.41) is 5.69. The maximum absolute atomic E-state index is 12.2. The first-order valence-electron chi connectivity index (χ1n) is 7.83. The summed E-state index contributed by atoms with van der Waals surface area (Å²) < 4.78 is 0. The van der Waals surface area contributed by atoms with Gasteiger partial charge in [-0.2, -0.15) is 0 Å². The van der Waals surface area contributed by atoms with Crippen molar-refractivity contribution in [1.29, 1.82) is 0 Å². The highest BCUT2D eigenvalue weighted by Crippen LogP contribution is 2.18. The van der Waals surface area contributed by atoms with Crippen molar-refractivity contribution < 1.29 is 9.59 Å². The van der Waals surface area contributed by atoms with Gasteiger partial charge in [-0.1, -0.05) is 13.8 Å². The third kappa shape index (κ3) is 5.42. The average Bonchev–Trinajstić information content (AvgIpc) is 2.56. The van der Waals surface area contributed by atoms with Crippen LogP contribution < -0.4 is 10.6 Å². The lowest BCUT2D eigenvalue weighted by atomic mass is 10.1. The summed E-state index contributed by atoms with van der Waals surface area (Å²) in [6.45, 7) is 4.01. The lowest BCUT2D eigenvalue weighted by Gasteiger charge is -2.09. The van der Waals surface area contributed by atoms with Crippen molar-refractivity contribution in [3.8, 4) is 0 Å². The summed E-state index contributed by atoms with van der Waals surface area (Å²) >= 11 is 1.64. The minimum Gasteiger partial charge on any atom is -0.326 e. The van der Waals surface area contributed by atoms with Crippen LogP contribution in [0.25, 0.3) is 0 Å². The molecule has 0 atom stereocenters. The van der Waals surface area contributed by atoms with Gasteiger partial charge in [0.1, 0.15) is 0 Å². The van der Waals surface area contributed by atoms with E-state index < -0.39 is 0 Å². The smallest absolute Gasteiger partial charge is 0.255 e. The van der Waals surface area contributed by atoms with Gasteiger partial charge in [0.25, 0.3) is 5.91 Å². The first-order chi connectivity index (χ1) is 11.5. The fraction of sp³-hybridized carbons (Fsp3) is 0.263. The molecule has 0 radical (unpaired) electrons. The van der Waals surface area contributed by atoms with Crippen LogP contribution in [0.1, 0.15) is 30.6 Å². The third-order valence-electron chi connectivity index (χ3n) is 3.37. The number of hydrogen-bond acceptors (Lipinski definition) is 3. The number of anilines is 2. The van der Waals surface area contributed by atoms with E-state index in [1.807, 2.05) is 44.4 Å². The van der Waals surface area contributed by atoms with Crippen LogP contribution >= 0.6 is 11.8 Å². The van der Waals surface area contributed by atoms with Crippen molar-refractivity contribution in [3.05, 3.63) is 54.1 Å². The van der Waals surface area contributed by atoms with E-state index in [2.05, 4.69) is 10.6 Å². The number of thioether (sulfide) groups is 1. The Kier molecular flexibility index (Phi) is 6.44. The van der Waals surface area contributed by atoms with Crippen LogP contribution in [0.5, 0.6) is 0 Å². The molecule has 24 heavy (non-hydrogen) atoms. The van der Waals surface area contributed by atoms with Crippen LogP contribution in [0.3, 0.4) is 0 Å². The molecule has 2 rings (SSSR count). The van der Waals surface area contributed by atoms with Crippen molar-refractivity contribution in [3.63, 3.8) is 0 Å². The maximum atomic E-state index is 12.2. The molecule has 0 saturated heterocycles. The largest absolute Gasteiger partial charge is 0.326 e. The van der Waals surface area contributed by atoms with Crippen LogP contribution in [0.4, 0.5) is 11.4 Å². The average molecular weight is 342 g/mol. The van der Waals surface area contributed by atoms with Crippen LogP contribution in [-0.4, -0.2) is 18.1 Å². The predicted octanol–water partition coefficient (Wildman–Crippen LogP) is 4.65. The Labute approximate surface area is 147 Å². The fourth-order valence-electron chi connectivity index (χ4n) is 2.17. The van der Waals surface area contributed by atoms with E-state index in [1.165, 1.54) is 0 Å². The molecule has 2 amide bonds. The Morgan fingerprint density at radius 1 is 0.917 bits per heavy atom. The second-order valence-corrected chi connectivity index (χ2v) is 6.79. The van der Waals surface area contributed by atoms with Gasteiger partial charge in [-0.25, -0.2) is 0 Å². The maximum Gasteiger partial charge on any atom is 0.255 e. The second kappa shape index (κ2) is 8.55. The SMILES string of the molecule is CSc1ccc(C(=O)Nc2ccc(NC(=O)CC(C)C)cc2)cc1. The lowest BCUT2D eigenvalue weighted by Crippen LogP contribution is -2.14. The number of rotatable bonds is 6. The molecule has 0 aliphatic carbocycles. The molecule has 0 heterocycles. The minimum atomic E-state index is -0.153. The highest BCUT2D eigenvalue weighted by Gasteiger charge is 2.07. The minimum absolute atomic E-state index is 0.00401. The summed E-state index contributed by atoms with van der Waals surface area (Å²) in [6.07, 6.45) is 2.49. The Morgan fingerprint density at radius 2 is 1.46 bits per heavy atom. The van der Waals surface area contributed by atoms with Gasteiger partial charge in [0, 0.05) is 28.3 Å². The van der Waals surface area contributed by atoms with Crippen molar-refractivity contribution in [2.45, 2.75) is 25.2 Å². The van der Waals surface area contributed by atoms with Crippen molar-refractivity contribution in [2.75, 3.05) is 16.9 Å².